The zero-order chi connectivity index (χ0) is 29.5. The summed E-state index contributed by atoms with van der Waals surface area (Å²) in [5.74, 6) is 0.131. The van der Waals surface area contributed by atoms with Crippen molar-refractivity contribution in [3.63, 3.8) is 0 Å². The molecule has 2 aromatic rings. The van der Waals surface area contributed by atoms with Crippen LogP contribution in [0.25, 0.3) is 0 Å². The number of ether oxygens (including phenoxy) is 1. The number of benzene rings is 2. The van der Waals surface area contributed by atoms with E-state index in [-0.39, 0.29) is 12.5 Å². The number of allylic oxidation sites excluding steroid dienone is 7. The maximum absolute atomic E-state index is 13.3. The first-order valence-electron chi connectivity index (χ1n) is 13.9. The van der Waals surface area contributed by atoms with Gasteiger partial charge in [-0.15, -0.1) is 0 Å². The zero-order valence-electron chi connectivity index (χ0n) is 24.0. The van der Waals surface area contributed by atoms with Crippen molar-refractivity contribution in [2.24, 2.45) is 0 Å². The largest absolute Gasteiger partial charge is 0.445 e. The fourth-order valence-electron chi connectivity index (χ4n) is 4.42. The van der Waals surface area contributed by atoms with Gasteiger partial charge in [0.05, 0.1) is 0 Å². The molecule has 0 heterocycles. The highest BCUT2D eigenvalue weighted by Crippen LogP contribution is 2.41. The number of amides is 2. The lowest BCUT2D eigenvalue weighted by molar-refractivity contribution is -0.118. The molecule has 41 heavy (non-hydrogen) atoms. The number of carbonyl (C=O) groups is 2. The molecule has 1 fully saturated rings. The second kappa shape index (κ2) is 16.6. The summed E-state index contributed by atoms with van der Waals surface area (Å²) in [6.45, 7) is 12.3. The Hall–Kier alpha value is -4.42. The van der Waals surface area contributed by atoms with E-state index in [1.165, 1.54) is 11.1 Å². The predicted molar refractivity (Wildman–Crippen MR) is 169 cm³/mol. The van der Waals surface area contributed by atoms with Crippen molar-refractivity contribution in [2.75, 3.05) is 11.9 Å². The van der Waals surface area contributed by atoms with Gasteiger partial charge < -0.3 is 20.7 Å². The van der Waals surface area contributed by atoms with Gasteiger partial charge in [0, 0.05) is 24.2 Å². The van der Waals surface area contributed by atoms with Crippen LogP contribution in [0.4, 0.5) is 10.5 Å². The molecule has 0 radical (unpaired) electrons. The van der Waals surface area contributed by atoms with Crippen molar-refractivity contribution in [3.8, 4) is 0 Å². The molecule has 0 aromatic heterocycles. The third kappa shape index (κ3) is 10.9. The van der Waals surface area contributed by atoms with Crippen LogP contribution in [0.1, 0.15) is 43.7 Å². The van der Waals surface area contributed by atoms with E-state index in [4.69, 9.17) is 4.74 Å². The van der Waals surface area contributed by atoms with Crippen LogP contribution in [-0.4, -0.2) is 30.6 Å². The Bertz CT molecular complexity index is 1290. The third-order valence-electron chi connectivity index (χ3n) is 6.65. The minimum absolute atomic E-state index is 0.123. The molecule has 3 atom stereocenters. The summed E-state index contributed by atoms with van der Waals surface area (Å²) >= 11 is 0. The van der Waals surface area contributed by atoms with E-state index in [1.54, 1.807) is 18.2 Å². The summed E-state index contributed by atoms with van der Waals surface area (Å²) in [6.07, 6.45) is 15.9. The first kappa shape index (κ1) is 31.1. The van der Waals surface area contributed by atoms with Gasteiger partial charge in [0.2, 0.25) is 5.91 Å². The fourth-order valence-corrected chi connectivity index (χ4v) is 4.42. The molecule has 1 aliphatic carbocycles. The molecule has 214 valence electrons. The van der Waals surface area contributed by atoms with Gasteiger partial charge in [-0.3, -0.25) is 4.79 Å². The molecule has 2 aromatic carbocycles. The standard InChI is InChI=1S/C35H41N3O3/c1-5-8-10-15-26(4)22-33(38-35(40)41-25-28-16-11-9-12-17-28)34(39)37-30-20-18-29(19-21-30)31-23-32(31)36-24-27(13-6-2)14-7-3/h5-21,31-33,36H,1-2,22-25H2,3-4H3,(H,37,39)(H,38,40)/b10-8-,14-7-,26-15+,27-13+/t31?,32?,33-/m0/s1. The topological polar surface area (TPSA) is 79.5 Å². The summed E-state index contributed by atoms with van der Waals surface area (Å²) in [5, 5.41) is 9.29. The molecule has 1 aliphatic rings. The molecule has 3 N–H and O–H groups in total. The number of hydrogen-bond acceptors (Lipinski definition) is 4. The SMILES string of the molecule is C=C/C=C\C=C(/C)C[C@H](NC(=O)OCc1ccccc1)C(=O)Nc1ccc(C2CC2NCC(/C=C\C)=C/C=C)cc1. The summed E-state index contributed by atoms with van der Waals surface area (Å²) in [4.78, 5) is 25.8. The number of anilines is 1. The molecular formula is C35H41N3O3. The van der Waals surface area contributed by atoms with Crippen molar-refractivity contribution < 1.29 is 14.3 Å². The maximum Gasteiger partial charge on any atom is 0.408 e. The summed E-state index contributed by atoms with van der Waals surface area (Å²) in [5.41, 5.74) is 4.89. The average molecular weight is 552 g/mol. The van der Waals surface area contributed by atoms with Crippen LogP contribution in [0, 0.1) is 0 Å². The molecule has 0 bridgehead atoms. The second-order valence-corrected chi connectivity index (χ2v) is 10.0. The van der Waals surface area contributed by atoms with Crippen LogP contribution in [0.3, 0.4) is 0 Å². The van der Waals surface area contributed by atoms with Gasteiger partial charge in [-0.25, -0.2) is 4.79 Å². The van der Waals surface area contributed by atoms with Gasteiger partial charge in [-0.05, 0) is 55.5 Å². The van der Waals surface area contributed by atoms with E-state index in [0.29, 0.717) is 24.1 Å². The number of carbonyl (C=O) groups excluding carboxylic acids is 2. The van der Waals surface area contributed by atoms with Crippen LogP contribution >= 0.6 is 0 Å². The van der Waals surface area contributed by atoms with Crippen molar-refractivity contribution >= 4 is 17.7 Å². The number of nitrogens with one attached hydrogen (secondary N) is 3. The third-order valence-corrected chi connectivity index (χ3v) is 6.65. The lowest BCUT2D eigenvalue weighted by atomic mass is 10.1. The van der Waals surface area contributed by atoms with E-state index >= 15 is 0 Å². The minimum Gasteiger partial charge on any atom is -0.445 e. The number of hydrogen-bond donors (Lipinski definition) is 3. The number of alkyl carbamates (subject to hydrolysis) is 1. The molecular weight excluding hydrogens is 510 g/mol. The summed E-state index contributed by atoms with van der Waals surface area (Å²) in [6, 6.07) is 17.0. The van der Waals surface area contributed by atoms with Gasteiger partial charge >= 0.3 is 6.09 Å². The van der Waals surface area contributed by atoms with E-state index in [1.807, 2.05) is 80.6 Å². The molecule has 6 nitrogen and oxygen atoms in total. The highest BCUT2D eigenvalue weighted by atomic mass is 16.5. The van der Waals surface area contributed by atoms with Crippen LogP contribution in [0.5, 0.6) is 0 Å². The average Bonchev–Trinajstić information content (AvgIpc) is 3.75. The van der Waals surface area contributed by atoms with Crippen molar-refractivity contribution in [2.45, 2.75) is 51.3 Å². The second-order valence-electron chi connectivity index (χ2n) is 10.0. The van der Waals surface area contributed by atoms with Crippen molar-refractivity contribution in [3.05, 3.63) is 139 Å². The lowest BCUT2D eigenvalue weighted by Gasteiger charge is -2.19. The van der Waals surface area contributed by atoms with Crippen LogP contribution in [0.2, 0.25) is 0 Å². The molecule has 2 unspecified atom stereocenters. The normalized spacial score (nSPS) is 17.7. The smallest absolute Gasteiger partial charge is 0.408 e. The Balaban J connectivity index is 1.58. The molecule has 0 aliphatic heterocycles. The Morgan fingerprint density at radius 1 is 1.02 bits per heavy atom. The van der Waals surface area contributed by atoms with E-state index in [0.717, 1.165) is 24.1 Å². The Morgan fingerprint density at radius 3 is 2.46 bits per heavy atom. The van der Waals surface area contributed by atoms with Crippen LogP contribution in [-0.2, 0) is 16.1 Å². The zero-order valence-corrected chi connectivity index (χ0v) is 24.0. The molecule has 1 saturated carbocycles. The Labute approximate surface area is 244 Å². The van der Waals surface area contributed by atoms with E-state index in [2.05, 4.69) is 47.3 Å². The fraction of sp³-hybridized carbons (Fsp3) is 0.257. The Kier molecular flexibility index (Phi) is 12.6. The van der Waals surface area contributed by atoms with Crippen LogP contribution < -0.4 is 16.0 Å². The molecule has 0 saturated heterocycles. The molecule has 6 heteroatoms. The highest BCUT2D eigenvalue weighted by Gasteiger charge is 2.37. The molecule has 0 spiro atoms. The monoisotopic (exact) mass is 551 g/mol. The molecule has 3 rings (SSSR count). The summed E-state index contributed by atoms with van der Waals surface area (Å²) in [7, 11) is 0. The minimum atomic E-state index is -0.807. The van der Waals surface area contributed by atoms with Gasteiger partial charge in [-0.1, -0.05) is 110 Å². The summed E-state index contributed by atoms with van der Waals surface area (Å²) < 4.78 is 5.37. The van der Waals surface area contributed by atoms with E-state index in [9.17, 15) is 9.59 Å². The first-order chi connectivity index (χ1) is 19.9. The van der Waals surface area contributed by atoms with Gasteiger partial charge in [0.1, 0.15) is 12.6 Å². The van der Waals surface area contributed by atoms with Crippen molar-refractivity contribution in [1.82, 2.24) is 10.6 Å². The molecule has 2 amide bonds. The van der Waals surface area contributed by atoms with Gasteiger partial charge in [0.15, 0.2) is 0 Å². The lowest BCUT2D eigenvalue weighted by Crippen LogP contribution is -2.44. The van der Waals surface area contributed by atoms with Gasteiger partial charge in [0.25, 0.3) is 0 Å². The highest BCUT2D eigenvalue weighted by molar-refractivity contribution is 5.96. The Morgan fingerprint density at radius 2 is 1.78 bits per heavy atom. The van der Waals surface area contributed by atoms with Crippen LogP contribution in [0.15, 0.2) is 128 Å². The van der Waals surface area contributed by atoms with Gasteiger partial charge in [-0.2, -0.15) is 0 Å². The predicted octanol–water partition coefficient (Wildman–Crippen LogP) is 7.13. The number of rotatable bonds is 15. The van der Waals surface area contributed by atoms with E-state index < -0.39 is 12.1 Å². The first-order valence-corrected chi connectivity index (χ1v) is 13.9. The quantitative estimate of drug-likeness (QED) is 0.206. The van der Waals surface area contributed by atoms with Crippen molar-refractivity contribution in [1.29, 1.82) is 0 Å². The maximum atomic E-state index is 13.3.